The van der Waals surface area contributed by atoms with Gasteiger partial charge in [-0.2, -0.15) is 5.26 Å². The summed E-state index contributed by atoms with van der Waals surface area (Å²) in [4.78, 5) is 4.39. The van der Waals surface area contributed by atoms with Crippen LogP contribution in [-0.4, -0.2) is 14.8 Å². The summed E-state index contributed by atoms with van der Waals surface area (Å²) < 4.78 is 2.03. The summed E-state index contributed by atoms with van der Waals surface area (Å²) in [5, 5.41) is 10.8. The molecule has 3 atom stereocenters. The van der Waals surface area contributed by atoms with Gasteiger partial charge in [0.2, 0.25) is 0 Å². The van der Waals surface area contributed by atoms with Crippen molar-refractivity contribution in [3.05, 3.63) is 48.3 Å². The van der Waals surface area contributed by atoms with Crippen LogP contribution >= 0.6 is 11.8 Å². The van der Waals surface area contributed by atoms with E-state index in [4.69, 9.17) is 0 Å². The van der Waals surface area contributed by atoms with Gasteiger partial charge < -0.3 is 4.57 Å². The molecule has 1 aliphatic carbocycles. The topological polar surface area (TPSA) is 41.6 Å². The molecule has 1 heterocycles. The third-order valence-corrected chi connectivity index (χ3v) is 5.69. The van der Waals surface area contributed by atoms with Gasteiger partial charge in [0.05, 0.1) is 12.0 Å². The Bertz CT molecular complexity index is 629. The Morgan fingerprint density at radius 1 is 1.29 bits per heavy atom. The molecule has 3 unspecified atom stereocenters. The van der Waals surface area contributed by atoms with Gasteiger partial charge in [-0.25, -0.2) is 4.98 Å². The number of hydrogen-bond acceptors (Lipinski definition) is 3. The van der Waals surface area contributed by atoms with Crippen molar-refractivity contribution >= 4 is 11.8 Å². The van der Waals surface area contributed by atoms with Crippen LogP contribution in [0.5, 0.6) is 0 Å². The third kappa shape index (κ3) is 3.14. The lowest BCUT2D eigenvalue weighted by Gasteiger charge is -2.32. The summed E-state index contributed by atoms with van der Waals surface area (Å²) >= 11 is 1.76. The van der Waals surface area contributed by atoms with Crippen molar-refractivity contribution in [3.63, 3.8) is 0 Å². The molecule has 0 aliphatic heterocycles. The minimum Gasteiger partial charge on any atom is -0.329 e. The fourth-order valence-corrected chi connectivity index (χ4v) is 4.35. The first kappa shape index (κ1) is 14.2. The van der Waals surface area contributed by atoms with Crippen LogP contribution in [0.4, 0.5) is 0 Å². The van der Waals surface area contributed by atoms with Crippen LogP contribution in [0.3, 0.4) is 0 Å². The van der Waals surface area contributed by atoms with E-state index in [1.807, 2.05) is 24.0 Å². The second kappa shape index (κ2) is 6.36. The molecule has 0 saturated heterocycles. The van der Waals surface area contributed by atoms with Crippen molar-refractivity contribution in [1.82, 2.24) is 9.55 Å². The van der Waals surface area contributed by atoms with Crippen LogP contribution in [0, 0.1) is 17.2 Å². The first-order valence-electron chi connectivity index (χ1n) is 7.36. The molecule has 0 radical (unpaired) electrons. The quantitative estimate of drug-likeness (QED) is 0.860. The third-order valence-electron chi connectivity index (χ3n) is 4.26. The maximum absolute atomic E-state index is 9.43. The van der Waals surface area contributed by atoms with Crippen LogP contribution in [0.2, 0.25) is 0 Å². The van der Waals surface area contributed by atoms with Gasteiger partial charge >= 0.3 is 0 Å². The van der Waals surface area contributed by atoms with Crippen molar-refractivity contribution in [1.29, 1.82) is 5.26 Å². The summed E-state index contributed by atoms with van der Waals surface area (Å²) in [5.74, 6) is 0.695. The lowest BCUT2D eigenvalue weighted by Crippen LogP contribution is -2.25. The van der Waals surface area contributed by atoms with Crippen molar-refractivity contribution in [3.8, 4) is 6.07 Å². The van der Waals surface area contributed by atoms with Crippen molar-refractivity contribution in [2.45, 2.75) is 35.6 Å². The summed E-state index contributed by atoms with van der Waals surface area (Å²) in [6, 6.07) is 13.2. The van der Waals surface area contributed by atoms with E-state index in [0.717, 1.165) is 24.4 Å². The average molecular weight is 297 g/mol. The molecule has 21 heavy (non-hydrogen) atoms. The van der Waals surface area contributed by atoms with Crippen LogP contribution < -0.4 is 0 Å². The zero-order valence-corrected chi connectivity index (χ0v) is 13.0. The number of imidazole rings is 1. The second-order valence-electron chi connectivity index (χ2n) is 5.63. The predicted octanol–water partition coefficient (Wildman–Crippen LogP) is 3.99. The SMILES string of the molecule is Cn1ccnc1SC1CC(c2ccccc2)CCC1C#N. The number of aryl methyl sites for hydroxylation is 1. The zero-order valence-electron chi connectivity index (χ0n) is 12.1. The molecular formula is C17H19N3S. The smallest absolute Gasteiger partial charge is 0.167 e. The normalized spacial score (nSPS) is 25.4. The molecule has 1 aliphatic rings. The molecule has 1 saturated carbocycles. The van der Waals surface area contributed by atoms with E-state index in [0.29, 0.717) is 11.2 Å². The molecular weight excluding hydrogens is 278 g/mol. The number of nitrogens with zero attached hydrogens (tertiary/aromatic N) is 3. The molecule has 0 amide bonds. The Hall–Kier alpha value is -1.73. The molecule has 2 aromatic rings. The molecule has 3 rings (SSSR count). The standard InChI is InChI=1S/C17H19N3S/c1-20-10-9-19-17(20)21-16-11-14(7-8-15(16)12-18)13-5-3-2-4-6-13/h2-6,9-10,14-16H,7-8,11H2,1H3. The first-order chi connectivity index (χ1) is 10.3. The van der Waals surface area contributed by atoms with E-state index in [9.17, 15) is 5.26 Å². The Balaban J connectivity index is 1.76. The Morgan fingerprint density at radius 3 is 2.76 bits per heavy atom. The lowest BCUT2D eigenvalue weighted by molar-refractivity contribution is 0.392. The van der Waals surface area contributed by atoms with Crippen LogP contribution in [0.15, 0.2) is 47.9 Å². The monoisotopic (exact) mass is 297 g/mol. The van der Waals surface area contributed by atoms with Crippen molar-refractivity contribution in [2.24, 2.45) is 13.0 Å². The van der Waals surface area contributed by atoms with Gasteiger partial charge in [0.15, 0.2) is 5.16 Å². The van der Waals surface area contributed by atoms with E-state index in [2.05, 4.69) is 41.4 Å². The van der Waals surface area contributed by atoms with Crippen LogP contribution in [0.25, 0.3) is 0 Å². The van der Waals surface area contributed by atoms with Crippen molar-refractivity contribution < 1.29 is 0 Å². The van der Waals surface area contributed by atoms with Gasteiger partial charge in [-0.05, 0) is 30.7 Å². The lowest BCUT2D eigenvalue weighted by atomic mass is 9.79. The molecule has 0 spiro atoms. The molecule has 4 heteroatoms. The van der Waals surface area contributed by atoms with Gasteiger partial charge in [-0.1, -0.05) is 42.1 Å². The zero-order chi connectivity index (χ0) is 14.7. The number of nitriles is 1. The molecule has 0 bridgehead atoms. The molecule has 1 aromatic carbocycles. The highest BCUT2D eigenvalue weighted by molar-refractivity contribution is 7.99. The highest BCUT2D eigenvalue weighted by Crippen LogP contribution is 2.42. The molecule has 0 N–H and O–H groups in total. The Kier molecular flexibility index (Phi) is 4.31. The molecule has 1 aromatic heterocycles. The molecule has 108 valence electrons. The summed E-state index contributed by atoms with van der Waals surface area (Å²) in [5.41, 5.74) is 1.40. The van der Waals surface area contributed by atoms with Crippen molar-refractivity contribution in [2.75, 3.05) is 0 Å². The highest BCUT2D eigenvalue weighted by Gasteiger charge is 2.32. The summed E-state index contributed by atoms with van der Waals surface area (Å²) in [6.07, 6.45) is 6.93. The van der Waals surface area contributed by atoms with Crippen LogP contribution in [0.1, 0.15) is 30.7 Å². The van der Waals surface area contributed by atoms with E-state index < -0.39 is 0 Å². The fourth-order valence-electron chi connectivity index (χ4n) is 3.04. The molecule has 3 nitrogen and oxygen atoms in total. The number of aromatic nitrogens is 2. The molecule has 1 fully saturated rings. The predicted molar refractivity (Wildman–Crippen MR) is 85.0 cm³/mol. The first-order valence-corrected chi connectivity index (χ1v) is 8.24. The van der Waals surface area contributed by atoms with Gasteiger partial charge in [0.25, 0.3) is 0 Å². The Labute approximate surface area is 130 Å². The van der Waals surface area contributed by atoms with Gasteiger partial charge in [-0.15, -0.1) is 0 Å². The average Bonchev–Trinajstić information content (AvgIpc) is 2.93. The van der Waals surface area contributed by atoms with Gasteiger partial charge in [0.1, 0.15) is 0 Å². The largest absolute Gasteiger partial charge is 0.329 e. The van der Waals surface area contributed by atoms with Crippen LogP contribution in [-0.2, 0) is 7.05 Å². The van der Waals surface area contributed by atoms with E-state index in [-0.39, 0.29) is 5.92 Å². The minimum atomic E-state index is 0.131. The summed E-state index contributed by atoms with van der Waals surface area (Å²) in [7, 11) is 2.01. The number of benzene rings is 1. The number of rotatable bonds is 3. The Morgan fingerprint density at radius 2 is 2.10 bits per heavy atom. The fraction of sp³-hybridized carbons (Fsp3) is 0.412. The van der Waals surface area contributed by atoms with Gasteiger partial charge in [-0.3, -0.25) is 0 Å². The second-order valence-corrected chi connectivity index (χ2v) is 6.84. The summed E-state index contributed by atoms with van der Waals surface area (Å²) in [6.45, 7) is 0. The van der Waals surface area contributed by atoms with E-state index in [1.165, 1.54) is 5.56 Å². The maximum Gasteiger partial charge on any atom is 0.167 e. The highest BCUT2D eigenvalue weighted by atomic mass is 32.2. The number of hydrogen-bond donors (Lipinski definition) is 0. The van der Waals surface area contributed by atoms with E-state index in [1.54, 1.807) is 11.8 Å². The number of thioether (sulfide) groups is 1. The minimum absolute atomic E-state index is 0.131. The van der Waals surface area contributed by atoms with Gasteiger partial charge in [0, 0.05) is 24.7 Å². The maximum atomic E-state index is 9.43. The van der Waals surface area contributed by atoms with E-state index >= 15 is 0 Å².